The molecule has 2 fully saturated rings. The van der Waals surface area contributed by atoms with E-state index in [4.69, 9.17) is 0 Å². The molecule has 3 rings (SSSR count). The third-order valence-corrected chi connectivity index (χ3v) is 7.77. The first-order valence-electron chi connectivity index (χ1n) is 7.37. The minimum Gasteiger partial charge on any atom is -0.287 e. The van der Waals surface area contributed by atoms with Crippen LogP contribution >= 0.6 is 23.1 Å². The highest BCUT2D eigenvalue weighted by molar-refractivity contribution is 8.16. The summed E-state index contributed by atoms with van der Waals surface area (Å²) in [4.78, 5) is 14.1. The Hall–Kier alpha value is -0.860. The zero-order valence-electron chi connectivity index (χ0n) is 12.3. The molecule has 1 unspecified atom stereocenters. The van der Waals surface area contributed by atoms with Crippen molar-refractivity contribution >= 4 is 44.2 Å². The van der Waals surface area contributed by atoms with Crippen LogP contribution in [0.15, 0.2) is 26.1 Å². The van der Waals surface area contributed by atoms with Crippen LogP contribution in [0.2, 0.25) is 0 Å². The molecular weight excluding hydrogens is 340 g/mol. The molecule has 1 atom stereocenters. The molecule has 0 radical (unpaired) electrons. The average molecular weight is 359 g/mol. The molecule has 1 aliphatic heterocycles. The SMILES string of the molecule is CC1SC(=NS(=O)(=O)c2cccs2)N(C2CCCCC2)C1=O. The highest BCUT2D eigenvalue weighted by Gasteiger charge is 2.40. The summed E-state index contributed by atoms with van der Waals surface area (Å²) in [5.41, 5.74) is 0. The van der Waals surface area contributed by atoms with Crippen LogP contribution in [-0.2, 0) is 14.8 Å². The minimum absolute atomic E-state index is 0.0166. The number of sulfonamides is 1. The van der Waals surface area contributed by atoms with Gasteiger partial charge in [0.1, 0.15) is 4.21 Å². The largest absolute Gasteiger partial charge is 0.294 e. The fraction of sp³-hybridized carbons (Fsp3) is 0.571. The molecular formula is C14H18N2O3S3. The number of hydrogen-bond donors (Lipinski definition) is 0. The third kappa shape index (κ3) is 3.09. The van der Waals surface area contributed by atoms with E-state index in [2.05, 4.69) is 4.40 Å². The highest BCUT2D eigenvalue weighted by Crippen LogP contribution is 2.34. The van der Waals surface area contributed by atoms with Crippen molar-refractivity contribution in [3.8, 4) is 0 Å². The van der Waals surface area contributed by atoms with Crippen molar-refractivity contribution in [2.75, 3.05) is 0 Å². The fourth-order valence-electron chi connectivity index (χ4n) is 2.85. The molecule has 2 heterocycles. The summed E-state index contributed by atoms with van der Waals surface area (Å²) in [5.74, 6) is -0.0166. The van der Waals surface area contributed by atoms with Gasteiger partial charge in [-0.25, -0.2) is 0 Å². The van der Waals surface area contributed by atoms with Crippen LogP contribution < -0.4 is 0 Å². The van der Waals surface area contributed by atoms with Gasteiger partial charge in [-0.15, -0.1) is 15.7 Å². The van der Waals surface area contributed by atoms with Gasteiger partial charge in [0, 0.05) is 6.04 Å². The van der Waals surface area contributed by atoms with E-state index < -0.39 is 10.0 Å². The van der Waals surface area contributed by atoms with Crippen LogP contribution in [0.25, 0.3) is 0 Å². The van der Waals surface area contributed by atoms with E-state index in [1.807, 2.05) is 6.92 Å². The lowest BCUT2D eigenvalue weighted by Gasteiger charge is -2.30. The summed E-state index contributed by atoms with van der Waals surface area (Å²) in [5, 5.41) is 1.79. The van der Waals surface area contributed by atoms with Crippen molar-refractivity contribution in [1.29, 1.82) is 0 Å². The topological polar surface area (TPSA) is 66.8 Å². The van der Waals surface area contributed by atoms with Crippen LogP contribution in [-0.4, -0.2) is 35.7 Å². The van der Waals surface area contributed by atoms with Crippen LogP contribution in [0, 0.1) is 0 Å². The maximum absolute atomic E-state index is 12.4. The van der Waals surface area contributed by atoms with Gasteiger partial charge in [0.05, 0.1) is 5.25 Å². The lowest BCUT2D eigenvalue weighted by atomic mass is 9.94. The zero-order chi connectivity index (χ0) is 15.7. The van der Waals surface area contributed by atoms with E-state index in [-0.39, 0.29) is 21.4 Å². The van der Waals surface area contributed by atoms with Gasteiger partial charge < -0.3 is 0 Å². The molecule has 0 N–H and O–H groups in total. The maximum atomic E-state index is 12.4. The molecule has 5 nitrogen and oxygen atoms in total. The zero-order valence-corrected chi connectivity index (χ0v) is 14.7. The van der Waals surface area contributed by atoms with Crippen LogP contribution in [0.4, 0.5) is 0 Å². The molecule has 1 aliphatic carbocycles. The number of hydrogen-bond acceptors (Lipinski definition) is 5. The molecule has 2 aliphatic rings. The summed E-state index contributed by atoms with van der Waals surface area (Å²) < 4.78 is 28.9. The molecule has 22 heavy (non-hydrogen) atoms. The van der Waals surface area contributed by atoms with E-state index in [1.165, 1.54) is 18.2 Å². The summed E-state index contributed by atoms with van der Waals surface area (Å²) in [6.45, 7) is 1.81. The Kier molecular flexibility index (Phi) is 4.61. The normalized spacial score (nSPS) is 26.0. The Bertz CT molecular complexity index is 676. The number of amidine groups is 1. The van der Waals surface area contributed by atoms with Gasteiger partial charge in [-0.2, -0.15) is 8.42 Å². The van der Waals surface area contributed by atoms with Crippen molar-refractivity contribution in [2.45, 2.75) is 54.5 Å². The Morgan fingerprint density at radius 2 is 2.00 bits per heavy atom. The lowest BCUT2D eigenvalue weighted by molar-refractivity contribution is -0.127. The van der Waals surface area contributed by atoms with Gasteiger partial charge in [-0.05, 0) is 31.2 Å². The first kappa shape index (κ1) is 16.0. The molecule has 1 aromatic rings. The van der Waals surface area contributed by atoms with Gasteiger partial charge in [-0.3, -0.25) is 9.69 Å². The number of nitrogens with zero attached hydrogens (tertiary/aromatic N) is 2. The van der Waals surface area contributed by atoms with Gasteiger partial charge in [0.25, 0.3) is 10.0 Å². The molecule has 0 bridgehead atoms. The summed E-state index contributed by atoms with van der Waals surface area (Å²) in [7, 11) is -3.73. The quantitative estimate of drug-likeness (QED) is 0.833. The number of carbonyl (C=O) groups excluding carboxylic acids is 1. The first-order valence-corrected chi connectivity index (χ1v) is 10.6. The van der Waals surface area contributed by atoms with Crippen molar-refractivity contribution in [1.82, 2.24) is 4.90 Å². The van der Waals surface area contributed by atoms with Gasteiger partial charge in [0.15, 0.2) is 5.17 Å². The van der Waals surface area contributed by atoms with E-state index >= 15 is 0 Å². The summed E-state index contributed by atoms with van der Waals surface area (Å²) in [6.07, 6.45) is 5.20. The highest BCUT2D eigenvalue weighted by atomic mass is 32.2. The molecule has 1 amide bonds. The second-order valence-electron chi connectivity index (χ2n) is 5.54. The van der Waals surface area contributed by atoms with E-state index in [9.17, 15) is 13.2 Å². The number of thioether (sulfide) groups is 1. The molecule has 120 valence electrons. The molecule has 1 saturated heterocycles. The number of rotatable bonds is 3. The van der Waals surface area contributed by atoms with Crippen LogP contribution in [0.3, 0.4) is 0 Å². The summed E-state index contributed by atoms with van der Waals surface area (Å²) in [6, 6.07) is 3.32. The first-order chi connectivity index (χ1) is 10.5. The Morgan fingerprint density at radius 3 is 2.64 bits per heavy atom. The maximum Gasteiger partial charge on any atom is 0.294 e. The molecule has 8 heteroatoms. The van der Waals surface area contributed by atoms with Gasteiger partial charge >= 0.3 is 0 Å². The Labute approximate surface area is 138 Å². The Balaban J connectivity index is 1.93. The number of carbonyl (C=O) groups is 1. The number of amides is 1. The Morgan fingerprint density at radius 1 is 1.27 bits per heavy atom. The van der Waals surface area contributed by atoms with Crippen molar-refractivity contribution in [3.63, 3.8) is 0 Å². The smallest absolute Gasteiger partial charge is 0.287 e. The van der Waals surface area contributed by atoms with Crippen LogP contribution in [0.1, 0.15) is 39.0 Å². The molecule has 1 aromatic heterocycles. The molecule has 0 spiro atoms. The number of thiophene rings is 1. The van der Waals surface area contributed by atoms with E-state index in [0.29, 0.717) is 5.17 Å². The minimum atomic E-state index is -3.73. The monoisotopic (exact) mass is 358 g/mol. The average Bonchev–Trinajstić information content (AvgIpc) is 3.10. The lowest BCUT2D eigenvalue weighted by Crippen LogP contribution is -2.42. The van der Waals surface area contributed by atoms with Crippen molar-refractivity contribution in [2.24, 2.45) is 4.40 Å². The molecule has 0 aromatic carbocycles. The summed E-state index contributed by atoms with van der Waals surface area (Å²) >= 11 is 2.40. The molecule has 1 saturated carbocycles. The predicted molar refractivity (Wildman–Crippen MR) is 89.7 cm³/mol. The predicted octanol–water partition coefficient (Wildman–Crippen LogP) is 3.09. The second kappa shape index (κ2) is 6.33. The fourth-order valence-corrected chi connectivity index (χ4v) is 6.05. The second-order valence-corrected chi connectivity index (χ2v) is 9.63. The standard InChI is InChI=1S/C14H18N2O3S3/c1-10-13(17)16(11-6-3-2-4-7-11)14(21-10)15-22(18,19)12-8-5-9-20-12/h5,8-11H,2-4,6-7H2,1H3. The van der Waals surface area contributed by atoms with E-state index in [1.54, 1.807) is 22.4 Å². The van der Waals surface area contributed by atoms with Crippen LogP contribution in [0.5, 0.6) is 0 Å². The van der Waals surface area contributed by atoms with Crippen molar-refractivity contribution < 1.29 is 13.2 Å². The van der Waals surface area contributed by atoms with Gasteiger partial charge in [0.2, 0.25) is 5.91 Å². The third-order valence-electron chi connectivity index (χ3n) is 3.96. The van der Waals surface area contributed by atoms with E-state index in [0.717, 1.165) is 37.0 Å². The van der Waals surface area contributed by atoms with Gasteiger partial charge in [-0.1, -0.05) is 37.1 Å². The van der Waals surface area contributed by atoms with Crippen molar-refractivity contribution in [3.05, 3.63) is 17.5 Å².